The number of aryl methyl sites for hydroxylation is 1. The molecule has 0 bridgehead atoms. The van der Waals surface area contributed by atoms with E-state index in [1.807, 2.05) is 36.4 Å². The summed E-state index contributed by atoms with van der Waals surface area (Å²) in [6, 6.07) is 18.5. The third-order valence-electron chi connectivity index (χ3n) is 7.37. The van der Waals surface area contributed by atoms with Gasteiger partial charge in [0.15, 0.2) is 0 Å². The molecule has 6 rings (SSSR count). The molecule has 0 N–H and O–H groups in total. The number of likely N-dealkylation sites (tertiary alicyclic amines) is 1. The Morgan fingerprint density at radius 2 is 1.81 bits per heavy atom. The molecule has 1 saturated heterocycles. The highest BCUT2D eigenvalue weighted by molar-refractivity contribution is 5.86. The fourth-order valence-corrected chi connectivity index (χ4v) is 5.17. The molecule has 164 valence electrons. The number of anilines is 1. The van der Waals surface area contributed by atoms with Gasteiger partial charge in [-0.3, -0.25) is 0 Å². The van der Waals surface area contributed by atoms with Crippen LogP contribution in [0.5, 0.6) is 11.6 Å². The quantitative estimate of drug-likeness (QED) is 0.519. The van der Waals surface area contributed by atoms with Crippen molar-refractivity contribution >= 4 is 16.6 Å². The van der Waals surface area contributed by atoms with Crippen LogP contribution in [0.15, 0.2) is 67.0 Å². The highest BCUT2D eigenvalue weighted by atomic mass is 16.5. The summed E-state index contributed by atoms with van der Waals surface area (Å²) >= 11 is 0. The molecule has 5 nitrogen and oxygen atoms in total. The number of fused-ring (bicyclic) bond motifs is 1. The molecule has 32 heavy (non-hydrogen) atoms. The second-order valence-electron chi connectivity index (χ2n) is 9.48. The van der Waals surface area contributed by atoms with Crippen LogP contribution in [0, 0.1) is 6.92 Å². The fourth-order valence-electron chi connectivity index (χ4n) is 5.17. The number of aromatic nitrogens is 1. The third kappa shape index (κ3) is 3.51. The zero-order chi connectivity index (χ0) is 21.5. The smallest absolute Gasteiger partial charge is 0.220 e. The Labute approximate surface area is 189 Å². The number of benzene rings is 2. The molecule has 0 unspecified atom stereocenters. The first-order chi connectivity index (χ1) is 15.7. The van der Waals surface area contributed by atoms with Gasteiger partial charge < -0.3 is 19.4 Å². The van der Waals surface area contributed by atoms with Gasteiger partial charge in [-0.25, -0.2) is 4.98 Å². The van der Waals surface area contributed by atoms with Gasteiger partial charge in [-0.05, 0) is 75.5 Å². The van der Waals surface area contributed by atoms with E-state index in [4.69, 9.17) is 9.72 Å². The largest absolute Gasteiger partial charge is 0.439 e. The van der Waals surface area contributed by atoms with E-state index in [2.05, 4.69) is 52.2 Å². The van der Waals surface area contributed by atoms with Gasteiger partial charge >= 0.3 is 0 Å². The van der Waals surface area contributed by atoms with Crippen LogP contribution >= 0.6 is 0 Å². The first kappa shape index (κ1) is 19.6. The molecule has 1 saturated carbocycles. The van der Waals surface area contributed by atoms with E-state index in [0.717, 1.165) is 17.9 Å². The molecular formula is C27H30N4O. The minimum absolute atomic E-state index is 0.327. The van der Waals surface area contributed by atoms with E-state index >= 15 is 0 Å². The first-order valence-corrected chi connectivity index (χ1v) is 11.8. The van der Waals surface area contributed by atoms with Crippen molar-refractivity contribution in [3.8, 4) is 11.6 Å². The summed E-state index contributed by atoms with van der Waals surface area (Å²) in [5.41, 5.74) is 3.65. The molecule has 2 aliphatic heterocycles. The zero-order valence-electron chi connectivity index (χ0n) is 18.7. The van der Waals surface area contributed by atoms with Gasteiger partial charge in [0.05, 0.1) is 17.7 Å². The van der Waals surface area contributed by atoms with Crippen molar-refractivity contribution in [2.75, 3.05) is 31.2 Å². The number of hydrogen-bond donors (Lipinski definition) is 0. The normalized spacial score (nSPS) is 19.8. The molecule has 3 heterocycles. The Bertz CT molecular complexity index is 1150. The second-order valence-corrected chi connectivity index (χ2v) is 9.48. The summed E-state index contributed by atoms with van der Waals surface area (Å²) in [7, 11) is 0. The van der Waals surface area contributed by atoms with Crippen LogP contribution in [0.2, 0.25) is 0 Å². The number of nitrogens with zero attached hydrogens (tertiary/aromatic N) is 4. The molecule has 2 fully saturated rings. The first-order valence-electron chi connectivity index (χ1n) is 11.8. The second kappa shape index (κ2) is 7.82. The predicted octanol–water partition coefficient (Wildman–Crippen LogP) is 5.51. The van der Waals surface area contributed by atoms with Gasteiger partial charge in [0.1, 0.15) is 5.75 Å². The van der Waals surface area contributed by atoms with Crippen molar-refractivity contribution in [1.82, 2.24) is 14.8 Å². The van der Waals surface area contributed by atoms with Crippen molar-refractivity contribution in [1.29, 1.82) is 0 Å². The van der Waals surface area contributed by atoms with Crippen LogP contribution < -0.4 is 9.64 Å². The van der Waals surface area contributed by atoms with Crippen LogP contribution in [-0.4, -0.2) is 46.6 Å². The molecule has 3 aliphatic rings. The van der Waals surface area contributed by atoms with Gasteiger partial charge in [0, 0.05) is 36.1 Å². The highest BCUT2D eigenvalue weighted by Gasteiger charge is 2.44. The van der Waals surface area contributed by atoms with E-state index in [0.29, 0.717) is 11.4 Å². The summed E-state index contributed by atoms with van der Waals surface area (Å²) in [6.07, 6.45) is 9.85. The molecule has 3 aromatic rings. The van der Waals surface area contributed by atoms with Crippen molar-refractivity contribution in [2.24, 2.45) is 0 Å². The molecule has 2 aromatic carbocycles. The molecular weight excluding hydrogens is 396 g/mol. The number of hydrogen-bond acceptors (Lipinski definition) is 5. The maximum Gasteiger partial charge on any atom is 0.220 e. The average Bonchev–Trinajstić information content (AvgIpc) is 3.23. The summed E-state index contributed by atoms with van der Waals surface area (Å²) in [6.45, 7) is 6.79. The van der Waals surface area contributed by atoms with Gasteiger partial charge in [-0.15, -0.1) is 0 Å². The van der Waals surface area contributed by atoms with E-state index in [1.165, 1.54) is 62.0 Å². The molecule has 5 heteroatoms. The van der Waals surface area contributed by atoms with Crippen molar-refractivity contribution < 1.29 is 4.74 Å². The average molecular weight is 427 g/mol. The van der Waals surface area contributed by atoms with E-state index < -0.39 is 0 Å². The van der Waals surface area contributed by atoms with E-state index in [9.17, 15) is 0 Å². The minimum atomic E-state index is 0.327. The molecule has 0 atom stereocenters. The maximum absolute atomic E-state index is 6.02. The predicted molar refractivity (Wildman–Crippen MR) is 129 cm³/mol. The van der Waals surface area contributed by atoms with Crippen LogP contribution in [0.1, 0.15) is 31.2 Å². The molecule has 0 amide bonds. The van der Waals surface area contributed by atoms with Gasteiger partial charge in [-0.1, -0.05) is 24.3 Å². The SMILES string of the molecule is Cc1cc(Oc2ccccc2)nc2cc(N3C=CN(C4(CN5CCC5)CCC4)C3)ccc12. The van der Waals surface area contributed by atoms with Crippen LogP contribution in [-0.2, 0) is 0 Å². The van der Waals surface area contributed by atoms with Gasteiger partial charge in [-0.2, -0.15) is 0 Å². The maximum atomic E-state index is 6.02. The Morgan fingerprint density at radius 1 is 0.969 bits per heavy atom. The number of para-hydroxylation sites is 1. The Kier molecular flexibility index (Phi) is 4.80. The van der Waals surface area contributed by atoms with E-state index in [1.54, 1.807) is 0 Å². The summed E-state index contributed by atoms with van der Waals surface area (Å²) in [5.74, 6) is 1.45. The van der Waals surface area contributed by atoms with Gasteiger partial charge in [0.2, 0.25) is 5.88 Å². The lowest BCUT2D eigenvalue weighted by molar-refractivity contribution is 0.00535. The van der Waals surface area contributed by atoms with Crippen LogP contribution in [0.25, 0.3) is 10.9 Å². The lowest BCUT2D eigenvalue weighted by Gasteiger charge is -2.52. The Morgan fingerprint density at radius 3 is 2.53 bits per heavy atom. The number of ether oxygens (including phenoxy) is 1. The minimum Gasteiger partial charge on any atom is -0.439 e. The highest BCUT2D eigenvalue weighted by Crippen LogP contribution is 2.41. The molecule has 0 spiro atoms. The summed E-state index contributed by atoms with van der Waals surface area (Å²) in [5, 5.41) is 1.17. The van der Waals surface area contributed by atoms with Crippen molar-refractivity contribution in [2.45, 2.75) is 38.1 Å². The molecule has 1 aliphatic carbocycles. The number of pyridine rings is 1. The Balaban J connectivity index is 1.23. The molecule has 1 aromatic heterocycles. The number of rotatable bonds is 6. The topological polar surface area (TPSA) is 31.8 Å². The standard InChI is InChI=1S/C27H30N4O/c1-21-17-26(32-23-7-3-2-4-8-23)28-25-18-22(9-10-24(21)25)30-15-16-31(20-30)27(11-5-12-27)19-29-13-6-14-29/h2-4,7-10,15-18H,5-6,11-14,19-20H2,1H3. The van der Waals surface area contributed by atoms with Crippen molar-refractivity contribution in [3.05, 3.63) is 72.6 Å². The summed E-state index contributed by atoms with van der Waals surface area (Å²) in [4.78, 5) is 12.4. The summed E-state index contributed by atoms with van der Waals surface area (Å²) < 4.78 is 6.02. The molecule has 0 radical (unpaired) electrons. The zero-order valence-corrected chi connectivity index (χ0v) is 18.7. The van der Waals surface area contributed by atoms with E-state index in [-0.39, 0.29) is 0 Å². The lowest BCUT2D eigenvalue weighted by Crippen LogP contribution is -2.60. The van der Waals surface area contributed by atoms with Crippen LogP contribution in [0.4, 0.5) is 5.69 Å². The fraction of sp³-hybridized carbons (Fsp3) is 0.370. The van der Waals surface area contributed by atoms with Gasteiger partial charge in [0.25, 0.3) is 0 Å². The third-order valence-corrected chi connectivity index (χ3v) is 7.37. The lowest BCUT2D eigenvalue weighted by atomic mass is 9.74. The Hall–Kier alpha value is -3.05. The van der Waals surface area contributed by atoms with Crippen LogP contribution in [0.3, 0.4) is 0 Å². The van der Waals surface area contributed by atoms with Crippen molar-refractivity contribution in [3.63, 3.8) is 0 Å². The monoisotopic (exact) mass is 426 g/mol.